The van der Waals surface area contributed by atoms with Crippen LogP contribution in [0.3, 0.4) is 0 Å². The molecule has 1 saturated heterocycles. The molecule has 2 nitrogen and oxygen atoms in total. The summed E-state index contributed by atoms with van der Waals surface area (Å²) in [4.78, 5) is 16.3. The lowest BCUT2D eigenvalue weighted by atomic mass is 9.87. The molecule has 0 saturated carbocycles. The second-order valence-electron chi connectivity index (χ2n) is 6.33. The number of carbonyl (C=O) groups is 1. The minimum atomic E-state index is 0.236. The predicted molar refractivity (Wildman–Crippen MR) is 99.2 cm³/mol. The summed E-state index contributed by atoms with van der Waals surface area (Å²) in [7, 11) is 2.18. The zero-order valence-electron chi connectivity index (χ0n) is 13.1. The Labute approximate surface area is 149 Å². The van der Waals surface area contributed by atoms with Gasteiger partial charge < -0.3 is 4.90 Å². The Kier molecular flexibility index (Phi) is 4.00. The van der Waals surface area contributed by atoms with Gasteiger partial charge in [0.05, 0.1) is 0 Å². The number of hydrogen-bond acceptors (Lipinski definition) is 3. The number of ketones is 1. The molecular formula is C19H18BrNOS. The summed E-state index contributed by atoms with van der Waals surface area (Å²) >= 11 is 5.30. The van der Waals surface area contributed by atoms with E-state index in [0.29, 0.717) is 6.42 Å². The van der Waals surface area contributed by atoms with Gasteiger partial charge in [0.15, 0.2) is 5.78 Å². The van der Waals surface area contributed by atoms with Gasteiger partial charge in [-0.3, -0.25) is 4.79 Å². The van der Waals surface area contributed by atoms with Gasteiger partial charge in [0.1, 0.15) is 0 Å². The Morgan fingerprint density at radius 1 is 1.09 bits per heavy atom. The number of rotatable bonds is 0. The molecule has 2 aromatic rings. The van der Waals surface area contributed by atoms with E-state index in [0.717, 1.165) is 41.5 Å². The molecule has 1 aromatic carbocycles. The number of thiophene rings is 1. The zero-order chi connectivity index (χ0) is 16.0. The smallest absolute Gasteiger partial charge is 0.168 e. The molecule has 118 valence electrons. The molecule has 2 aliphatic rings. The third-order valence-corrected chi connectivity index (χ3v) is 6.25. The molecule has 0 N–H and O–H groups in total. The molecule has 1 fully saturated rings. The maximum atomic E-state index is 12.7. The van der Waals surface area contributed by atoms with Gasteiger partial charge in [0.25, 0.3) is 0 Å². The molecule has 0 atom stereocenters. The van der Waals surface area contributed by atoms with Gasteiger partial charge in [-0.2, -0.15) is 0 Å². The Morgan fingerprint density at radius 3 is 2.65 bits per heavy atom. The lowest BCUT2D eigenvalue weighted by Crippen LogP contribution is -2.27. The average Bonchev–Trinajstić information content (AvgIpc) is 2.93. The molecule has 0 unspecified atom stereocenters. The Morgan fingerprint density at radius 2 is 1.87 bits per heavy atom. The second-order valence-corrected chi connectivity index (χ2v) is 8.25. The molecule has 1 aromatic heterocycles. The van der Waals surface area contributed by atoms with Crippen molar-refractivity contribution in [3.05, 3.63) is 61.3 Å². The largest absolute Gasteiger partial charge is 0.306 e. The van der Waals surface area contributed by atoms with Gasteiger partial charge in [-0.25, -0.2) is 0 Å². The summed E-state index contributed by atoms with van der Waals surface area (Å²) in [5.74, 6) is 0.236. The Balaban J connectivity index is 1.98. The first-order valence-electron chi connectivity index (χ1n) is 7.94. The summed E-state index contributed by atoms with van der Waals surface area (Å²) in [6.45, 7) is 2.19. The molecule has 0 amide bonds. The minimum absolute atomic E-state index is 0.236. The molecule has 23 heavy (non-hydrogen) atoms. The molecule has 1 aliphatic carbocycles. The number of fused-ring (bicyclic) bond motifs is 2. The van der Waals surface area contributed by atoms with Gasteiger partial charge in [-0.05, 0) is 66.2 Å². The van der Waals surface area contributed by atoms with Crippen LogP contribution in [-0.4, -0.2) is 30.8 Å². The van der Waals surface area contributed by atoms with E-state index < -0.39 is 0 Å². The third kappa shape index (κ3) is 2.73. The highest BCUT2D eigenvalue weighted by Crippen LogP contribution is 2.41. The molecule has 4 heteroatoms. The fourth-order valence-electron chi connectivity index (χ4n) is 3.57. The number of nitrogens with zero attached hydrogens (tertiary/aromatic N) is 1. The molecule has 1 aliphatic heterocycles. The lowest BCUT2D eigenvalue weighted by molar-refractivity contribution is 0.0994. The fourth-order valence-corrected chi connectivity index (χ4v) is 4.81. The van der Waals surface area contributed by atoms with E-state index in [9.17, 15) is 4.79 Å². The van der Waals surface area contributed by atoms with Crippen LogP contribution in [0.15, 0.2) is 39.7 Å². The van der Waals surface area contributed by atoms with Gasteiger partial charge >= 0.3 is 0 Å². The number of carbonyl (C=O) groups excluding carboxylic acids is 1. The maximum absolute atomic E-state index is 12.7. The summed E-state index contributed by atoms with van der Waals surface area (Å²) in [6, 6.07) is 8.28. The highest BCUT2D eigenvalue weighted by molar-refractivity contribution is 9.10. The van der Waals surface area contributed by atoms with Crippen molar-refractivity contribution in [3.8, 4) is 0 Å². The Hall–Kier alpha value is -1.23. The summed E-state index contributed by atoms with van der Waals surface area (Å²) < 4.78 is 1.04. The fraction of sp³-hybridized carbons (Fsp3) is 0.316. The van der Waals surface area contributed by atoms with E-state index in [1.54, 1.807) is 11.3 Å². The van der Waals surface area contributed by atoms with Crippen LogP contribution in [0.5, 0.6) is 0 Å². The average molecular weight is 388 g/mol. The van der Waals surface area contributed by atoms with Gasteiger partial charge in [-0.15, -0.1) is 11.3 Å². The first-order chi connectivity index (χ1) is 11.1. The first-order valence-corrected chi connectivity index (χ1v) is 9.61. The van der Waals surface area contributed by atoms with Crippen LogP contribution in [-0.2, 0) is 6.42 Å². The van der Waals surface area contributed by atoms with E-state index >= 15 is 0 Å². The van der Waals surface area contributed by atoms with E-state index in [1.165, 1.54) is 21.6 Å². The minimum Gasteiger partial charge on any atom is -0.306 e. The van der Waals surface area contributed by atoms with Crippen LogP contribution >= 0.6 is 27.3 Å². The summed E-state index contributed by atoms with van der Waals surface area (Å²) in [5.41, 5.74) is 6.08. The van der Waals surface area contributed by atoms with E-state index in [2.05, 4.69) is 45.4 Å². The van der Waals surface area contributed by atoms with Gasteiger partial charge in [-0.1, -0.05) is 21.5 Å². The van der Waals surface area contributed by atoms with Crippen molar-refractivity contribution < 1.29 is 4.79 Å². The molecule has 0 radical (unpaired) electrons. The number of Topliss-reactive ketones (excluding diaryl/α,β-unsaturated/α-hetero) is 1. The van der Waals surface area contributed by atoms with Crippen molar-refractivity contribution in [1.29, 1.82) is 0 Å². The monoisotopic (exact) mass is 387 g/mol. The molecule has 2 heterocycles. The van der Waals surface area contributed by atoms with Crippen LogP contribution in [0.2, 0.25) is 0 Å². The van der Waals surface area contributed by atoms with E-state index in [-0.39, 0.29) is 5.78 Å². The molecule has 0 spiro atoms. The van der Waals surface area contributed by atoms with Crippen molar-refractivity contribution in [2.45, 2.75) is 19.3 Å². The van der Waals surface area contributed by atoms with Gasteiger partial charge in [0.2, 0.25) is 0 Å². The van der Waals surface area contributed by atoms with E-state index in [4.69, 9.17) is 0 Å². The summed E-state index contributed by atoms with van der Waals surface area (Å²) in [5, 5.41) is 2.12. The van der Waals surface area contributed by atoms with Crippen molar-refractivity contribution >= 4 is 38.6 Å². The number of piperidine rings is 1. The third-order valence-electron chi connectivity index (χ3n) is 4.83. The van der Waals surface area contributed by atoms with Crippen LogP contribution in [0.25, 0.3) is 5.57 Å². The van der Waals surface area contributed by atoms with Crippen molar-refractivity contribution in [1.82, 2.24) is 4.90 Å². The maximum Gasteiger partial charge on any atom is 0.168 e. The van der Waals surface area contributed by atoms with Crippen molar-refractivity contribution in [2.75, 3.05) is 20.1 Å². The number of benzene rings is 1. The highest BCUT2D eigenvalue weighted by Gasteiger charge is 2.27. The number of likely N-dealkylation sites (tertiary alicyclic amines) is 1. The number of hydrogen-bond donors (Lipinski definition) is 0. The van der Waals surface area contributed by atoms with Crippen molar-refractivity contribution in [2.24, 2.45) is 0 Å². The van der Waals surface area contributed by atoms with Crippen LogP contribution in [0.1, 0.15) is 39.2 Å². The van der Waals surface area contributed by atoms with Crippen molar-refractivity contribution in [3.63, 3.8) is 0 Å². The van der Waals surface area contributed by atoms with E-state index in [1.807, 2.05) is 12.1 Å². The van der Waals surface area contributed by atoms with Gasteiger partial charge in [0, 0.05) is 34.4 Å². The zero-order valence-corrected chi connectivity index (χ0v) is 15.5. The quantitative estimate of drug-likeness (QED) is 0.648. The standard InChI is InChI=1S/C19H18BrNOS/c1-21-7-4-12(5-8-21)19-15-6-9-23-18(15)11-17(22)14-3-2-13(20)10-16(14)19/h2-3,6,9-10H,4-5,7-8,11H2,1H3. The molecule has 4 rings (SSSR count). The second kappa shape index (κ2) is 6.00. The lowest BCUT2D eigenvalue weighted by Gasteiger charge is -2.27. The van der Waals surface area contributed by atoms with Crippen LogP contribution in [0.4, 0.5) is 0 Å². The normalized spacial score (nSPS) is 18.6. The van der Waals surface area contributed by atoms with Crippen LogP contribution < -0.4 is 0 Å². The highest BCUT2D eigenvalue weighted by atomic mass is 79.9. The Bertz CT molecular complexity index is 811. The predicted octanol–water partition coefficient (Wildman–Crippen LogP) is 4.78. The molecule has 0 bridgehead atoms. The van der Waals surface area contributed by atoms with Crippen LogP contribution in [0, 0.1) is 0 Å². The first kappa shape index (κ1) is 15.3. The number of halogens is 1. The SMILES string of the molecule is CN1CCC(=C2c3cc(Br)ccc3C(=O)Cc3sccc32)CC1. The summed E-state index contributed by atoms with van der Waals surface area (Å²) in [6.07, 6.45) is 2.70. The molecular weight excluding hydrogens is 370 g/mol. The topological polar surface area (TPSA) is 20.3 Å².